The summed E-state index contributed by atoms with van der Waals surface area (Å²) in [5.41, 5.74) is 0.571. The average molecular weight is 266 g/mol. The summed E-state index contributed by atoms with van der Waals surface area (Å²) in [5.74, 6) is 0.258. The van der Waals surface area contributed by atoms with Crippen LogP contribution >= 0.6 is 11.3 Å². The van der Waals surface area contributed by atoms with Crippen molar-refractivity contribution in [2.75, 3.05) is 6.54 Å². The summed E-state index contributed by atoms with van der Waals surface area (Å²) in [5, 5.41) is 24.1. The molecule has 1 unspecified atom stereocenters. The molecule has 0 aromatic carbocycles. The second kappa shape index (κ2) is 6.33. The monoisotopic (exact) mass is 266 g/mol. The largest absolute Gasteiger partial charge is 0.392 e. The number of thiophene rings is 1. The fourth-order valence-corrected chi connectivity index (χ4v) is 2.83. The molecule has 0 fully saturated rings. The predicted octanol–water partition coefficient (Wildman–Crippen LogP) is 2.75. The second-order valence-electron chi connectivity index (χ2n) is 5.69. The van der Waals surface area contributed by atoms with Crippen LogP contribution in [0, 0.1) is 22.7 Å². The first kappa shape index (κ1) is 15.2. The van der Waals surface area contributed by atoms with Crippen molar-refractivity contribution in [1.82, 2.24) is 5.32 Å². The van der Waals surface area contributed by atoms with Crippen LogP contribution in [0.4, 0.5) is 0 Å². The van der Waals surface area contributed by atoms with Gasteiger partial charge in [0.1, 0.15) is 6.07 Å². The van der Waals surface area contributed by atoms with E-state index in [-0.39, 0.29) is 17.4 Å². The second-order valence-corrected chi connectivity index (χ2v) is 6.69. The van der Waals surface area contributed by atoms with Crippen LogP contribution in [0.25, 0.3) is 0 Å². The predicted molar refractivity (Wildman–Crippen MR) is 75.4 cm³/mol. The Balaban J connectivity index is 2.44. The van der Waals surface area contributed by atoms with Crippen LogP contribution in [-0.2, 0) is 6.54 Å². The van der Waals surface area contributed by atoms with E-state index >= 15 is 0 Å². The topological polar surface area (TPSA) is 56.0 Å². The van der Waals surface area contributed by atoms with Crippen LogP contribution in [0.2, 0.25) is 0 Å². The van der Waals surface area contributed by atoms with Crippen molar-refractivity contribution >= 4 is 11.3 Å². The fraction of sp³-hybridized carbons (Fsp3) is 0.643. The molecule has 1 rings (SSSR count). The Hall–Kier alpha value is -0.890. The molecule has 0 aliphatic heterocycles. The van der Waals surface area contributed by atoms with Gasteiger partial charge in [-0.15, -0.1) is 11.3 Å². The first-order valence-corrected chi connectivity index (χ1v) is 7.11. The molecule has 1 heterocycles. The molecule has 4 heteroatoms. The summed E-state index contributed by atoms with van der Waals surface area (Å²) in [6, 6.07) is 4.04. The van der Waals surface area contributed by atoms with Gasteiger partial charge < -0.3 is 10.4 Å². The Labute approximate surface area is 113 Å². The van der Waals surface area contributed by atoms with Gasteiger partial charge in [-0.1, -0.05) is 27.7 Å². The Kier molecular flexibility index (Phi) is 5.33. The third-order valence-corrected chi connectivity index (χ3v) is 4.03. The number of nitrogens with zero attached hydrogens (tertiary/aromatic N) is 1. The highest BCUT2D eigenvalue weighted by Crippen LogP contribution is 2.25. The zero-order valence-corrected chi connectivity index (χ0v) is 12.3. The van der Waals surface area contributed by atoms with Crippen molar-refractivity contribution in [2.24, 2.45) is 11.3 Å². The van der Waals surface area contributed by atoms with E-state index in [2.05, 4.69) is 25.2 Å². The SMILES string of the molecule is CC(C)C(O)C(C)(C)CNCc1cc(C#N)cs1. The molecular formula is C14H22N2OS. The van der Waals surface area contributed by atoms with Gasteiger partial charge in [-0.25, -0.2) is 0 Å². The third-order valence-electron chi connectivity index (χ3n) is 3.09. The lowest BCUT2D eigenvalue weighted by molar-refractivity contribution is 0.0135. The Morgan fingerprint density at radius 1 is 1.50 bits per heavy atom. The van der Waals surface area contributed by atoms with Gasteiger partial charge in [0.25, 0.3) is 0 Å². The van der Waals surface area contributed by atoms with E-state index < -0.39 is 0 Å². The van der Waals surface area contributed by atoms with Crippen molar-refractivity contribution in [3.63, 3.8) is 0 Å². The van der Waals surface area contributed by atoms with Gasteiger partial charge in [0.05, 0.1) is 11.7 Å². The number of aliphatic hydroxyl groups is 1. The average Bonchev–Trinajstić information content (AvgIpc) is 2.75. The number of nitriles is 1. The van der Waals surface area contributed by atoms with Gasteiger partial charge in [0.15, 0.2) is 0 Å². The molecule has 0 saturated carbocycles. The summed E-state index contributed by atoms with van der Waals surface area (Å²) in [6.45, 7) is 9.71. The van der Waals surface area contributed by atoms with Crippen LogP contribution in [0.3, 0.4) is 0 Å². The minimum absolute atomic E-state index is 0.149. The summed E-state index contributed by atoms with van der Waals surface area (Å²) >= 11 is 1.59. The molecule has 1 aromatic heterocycles. The lowest BCUT2D eigenvalue weighted by Gasteiger charge is -2.33. The number of hydrogen-bond donors (Lipinski definition) is 2. The van der Waals surface area contributed by atoms with E-state index in [4.69, 9.17) is 5.26 Å². The lowest BCUT2D eigenvalue weighted by Crippen LogP contribution is -2.41. The van der Waals surface area contributed by atoms with Crippen LogP contribution in [0.5, 0.6) is 0 Å². The maximum atomic E-state index is 10.1. The quantitative estimate of drug-likeness (QED) is 0.832. The van der Waals surface area contributed by atoms with Gasteiger partial charge in [-0.05, 0) is 12.0 Å². The summed E-state index contributed by atoms with van der Waals surface area (Å²) in [7, 11) is 0. The van der Waals surface area contributed by atoms with E-state index in [1.165, 1.54) is 0 Å². The van der Waals surface area contributed by atoms with Crippen LogP contribution in [0.1, 0.15) is 38.1 Å². The van der Waals surface area contributed by atoms with E-state index in [9.17, 15) is 5.11 Å². The van der Waals surface area contributed by atoms with Gasteiger partial charge in [-0.2, -0.15) is 5.26 Å². The van der Waals surface area contributed by atoms with Gasteiger partial charge in [-0.3, -0.25) is 0 Å². The standard InChI is InChI=1S/C14H22N2OS/c1-10(2)13(17)14(3,4)9-16-7-12-5-11(6-15)8-18-12/h5,8,10,13,16-17H,7,9H2,1-4H3. The molecule has 3 nitrogen and oxygen atoms in total. The van der Waals surface area contributed by atoms with E-state index in [0.717, 1.165) is 23.5 Å². The molecule has 0 amide bonds. The smallest absolute Gasteiger partial charge is 0.100 e. The molecule has 1 aromatic rings. The Bertz CT molecular complexity index is 418. The van der Waals surface area contributed by atoms with Crippen molar-refractivity contribution < 1.29 is 5.11 Å². The molecule has 0 radical (unpaired) electrons. The normalized spacial score (nSPS) is 13.6. The molecule has 0 aliphatic rings. The van der Waals surface area contributed by atoms with Crippen molar-refractivity contribution in [2.45, 2.75) is 40.3 Å². The fourth-order valence-electron chi connectivity index (χ4n) is 2.05. The molecule has 100 valence electrons. The van der Waals surface area contributed by atoms with Gasteiger partial charge >= 0.3 is 0 Å². The molecule has 0 saturated heterocycles. The van der Waals surface area contributed by atoms with E-state index in [0.29, 0.717) is 0 Å². The lowest BCUT2D eigenvalue weighted by atomic mass is 9.81. The minimum atomic E-state index is -0.317. The summed E-state index contributed by atoms with van der Waals surface area (Å²) in [4.78, 5) is 1.15. The minimum Gasteiger partial charge on any atom is -0.392 e. The zero-order chi connectivity index (χ0) is 13.8. The van der Waals surface area contributed by atoms with E-state index in [1.54, 1.807) is 11.3 Å². The van der Waals surface area contributed by atoms with E-state index in [1.807, 2.05) is 25.3 Å². The highest BCUT2D eigenvalue weighted by atomic mass is 32.1. The maximum Gasteiger partial charge on any atom is 0.100 e. The van der Waals surface area contributed by atoms with Crippen molar-refractivity contribution in [3.05, 3.63) is 21.9 Å². The highest BCUT2D eigenvalue weighted by Gasteiger charge is 2.29. The molecule has 0 bridgehead atoms. The van der Waals surface area contributed by atoms with Crippen LogP contribution < -0.4 is 5.32 Å². The van der Waals surface area contributed by atoms with Crippen LogP contribution in [0.15, 0.2) is 11.4 Å². The molecular weight excluding hydrogens is 244 g/mol. The number of nitrogens with one attached hydrogen (secondary N) is 1. The summed E-state index contributed by atoms with van der Waals surface area (Å²) < 4.78 is 0. The Morgan fingerprint density at radius 2 is 2.17 bits per heavy atom. The van der Waals surface area contributed by atoms with Crippen LogP contribution in [-0.4, -0.2) is 17.8 Å². The van der Waals surface area contributed by atoms with Gasteiger partial charge in [0.2, 0.25) is 0 Å². The third kappa shape index (κ3) is 4.09. The number of aliphatic hydroxyl groups excluding tert-OH is 1. The number of hydrogen-bond acceptors (Lipinski definition) is 4. The summed E-state index contributed by atoms with van der Waals surface area (Å²) in [6.07, 6.45) is -0.317. The van der Waals surface area contributed by atoms with Crippen molar-refractivity contribution in [1.29, 1.82) is 5.26 Å². The first-order valence-electron chi connectivity index (χ1n) is 6.23. The molecule has 0 spiro atoms. The first-order chi connectivity index (χ1) is 8.36. The highest BCUT2D eigenvalue weighted by molar-refractivity contribution is 7.10. The molecule has 18 heavy (non-hydrogen) atoms. The van der Waals surface area contributed by atoms with Crippen molar-refractivity contribution in [3.8, 4) is 6.07 Å². The van der Waals surface area contributed by atoms with Gasteiger partial charge in [0, 0.05) is 28.8 Å². The molecule has 2 N–H and O–H groups in total. The Morgan fingerprint density at radius 3 is 2.67 bits per heavy atom. The molecule has 1 atom stereocenters. The number of rotatable bonds is 6. The molecule has 0 aliphatic carbocycles. The zero-order valence-electron chi connectivity index (χ0n) is 11.5. The maximum absolute atomic E-state index is 10.1.